The van der Waals surface area contributed by atoms with Gasteiger partial charge in [-0.2, -0.15) is 4.98 Å². The summed E-state index contributed by atoms with van der Waals surface area (Å²) in [5, 5.41) is 0.324. The van der Waals surface area contributed by atoms with E-state index in [0.717, 1.165) is 6.54 Å². The first kappa shape index (κ1) is 12.8. The number of nitrogens with one attached hydrogen (secondary N) is 1. The van der Waals surface area contributed by atoms with Crippen LogP contribution < -0.4 is 10.6 Å². The van der Waals surface area contributed by atoms with Gasteiger partial charge in [-0.1, -0.05) is 24.1 Å². The third-order valence-electron chi connectivity index (χ3n) is 4.72. The van der Waals surface area contributed by atoms with Gasteiger partial charge in [0.1, 0.15) is 11.0 Å². The average molecular weight is 303 g/mol. The molecule has 1 saturated heterocycles. The van der Waals surface area contributed by atoms with E-state index >= 15 is 0 Å². The number of halogens is 1. The third-order valence-corrected chi connectivity index (χ3v) is 4.92. The van der Waals surface area contributed by atoms with Gasteiger partial charge in [0.2, 0.25) is 0 Å². The highest BCUT2D eigenvalue weighted by atomic mass is 35.5. The van der Waals surface area contributed by atoms with E-state index in [4.69, 9.17) is 11.6 Å². The fourth-order valence-electron chi connectivity index (χ4n) is 3.65. The summed E-state index contributed by atoms with van der Waals surface area (Å²) in [7, 11) is 0. The number of hydrogen-bond acceptors (Lipinski definition) is 4. The smallest absolute Gasteiger partial charge is 0.348 e. The van der Waals surface area contributed by atoms with E-state index in [1.807, 2.05) is 12.3 Å². The molecule has 1 unspecified atom stereocenters. The van der Waals surface area contributed by atoms with Crippen LogP contribution in [-0.2, 0) is 0 Å². The van der Waals surface area contributed by atoms with Crippen molar-refractivity contribution in [2.75, 3.05) is 11.4 Å². The topological polar surface area (TPSA) is 61.9 Å². The van der Waals surface area contributed by atoms with Crippen molar-refractivity contribution in [1.82, 2.24) is 15.0 Å². The molecule has 1 atom stereocenters. The largest absolute Gasteiger partial charge is 0.348 e. The molecular formula is C15H15ClN4O. The van der Waals surface area contributed by atoms with Crippen LogP contribution in [0.1, 0.15) is 30.9 Å². The van der Waals surface area contributed by atoms with Crippen LogP contribution in [-0.4, -0.2) is 21.5 Å². The van der Waals surface area contributed by atoms with Crippen molar-refractivity contribution in [2.45, 2.75) is 25.3 Å². The van der Waals surface area contributed by atoms with Gasteiger partial charge in [-0.3, -0.25) is 9.97 Å². The van der Waals surface area contributed by atoms with Crippen LogP contribution in [0.2, 0.25) is 5.15 Å². The van der Waals surface area contributed by atoms with Crippen LogP contribution >= 0.6 is 11.6 Å². The minimum Gasteiger partial charge on any atom is -0.348 e. The van der Waals surface area contributed by atoms with Crippen molar-refractivity contribution >= 4 is 17.4 Å². The summed E-state index contributed by atoms with van der Waals surface area (Å²) in [5.41, 5.74) is 1.10. The molecule has 6 heteroatoms. The Balaban J connectivity index is 1.74. The van der Waals surface area contributed by atoms with Crippen LogP contribution in [0, 0.1) is 5.41 Å². The maximum atomic E-state index is 11.6. The minimum absolute atomic E-state index is 0.241. The van der Waals surface area contributed by atoms with Crippen LogP contribution in [0.4, 0.5) is 5.82 Å². The van der Waals surface area contributed by atoms with Crippen molar-refractivity contribution in [1.29, 1.82) is 0 Å². The number of H-pyrrole nitrogens is 1. The van der Waals surface area contributed by atoms with E-state index in [1.54, 1.807) is 12.3 Å². The summed E-state index contributed by atoms with van der Waals surface area (Å²) in [4.78, 5) is 24.5. The Kier molecular flexibility index (Phi) is 2.79. The average Bonchev–Trinajstić information content (AvgIpc) is 2.36. The maximum absolute atomic E-state index is 11.6. The van der Waals surface area contributed by atoms with Crippen LogP contribution in [0.25, 0.3) is 0 Å². The Bertz CT molecular complexity index is 726. The second-order valence-corrected chi connectivity index (χ2v) is 6.33. The second kappa shape index (κ2) is 4.56. The SMILES string of the molecule is O=c1nc(N2CC3(CCC3)C2c2cccnc2)cc(Cl)[nH]1. The molecule has 2 aromatic rings. The van der Waals surface area contributed by atoms with Crippen molar-refractivity contribution in [2.24, 2.45) is 5.41 Å². The quantitative estimate of drug-likeness (QED) is 0.866. The zero-order valence-corrected chi connectivity index (χ0v) is 12.2. The van der Waals surface area contributed by atoms with Gasteiger partial charge in [0.25, 0.3) is 0 Å². The van der Waals surface area contributed by atoms with Gasteiger partial charge in [-0.15, -0.1) is 0 Å². The van der Waals surface area contributed by atoms with E-state index in [-0.39, 0.29) is 6.04 Å². The Hall–Kier alpha value is -1.88. The van der Waals surface area contributed by atoms with Crippen molar-refractivity contribution < 1.29 is 0 Å². The van der Waals surface area contributed by atoms with Gasteiger partial charge in [-0.25, -0.2) is 4.79 Å². The lowest BCUT2D eigenvalue weighted by molar-refractivity contribution is 0.0275. The molecule has 21 heavy (non-hydrogen) atoms. The number of pyridine rings is 1. The molecule has 3 heterocycles. The minimum atomic E-state index is -0.406. The number of anilines is 1. The lowest BCUT2D eigenvalue weighted by Crippen LogP contribution is -2.62. The van der Waals surface area contributed by atoms with E-state index in [9.17, 15) is 4.79 Å². The summed E-state index contributed by atoms with van der Waals surface area (Å²) in [6.07, 6.45) is 7.40. The van der Waals surface area contributed by atoms with Gasteiger partial charge < -0.3 is 4.90 Å². The monoisotopic (exact) mass is 302 g/mol. The van der Waals surface area contributed by atoms with Gasteiger partial charge in [0.15, 0.2) is 0 Å². The molecule has 5 nitrogen and oxygen atoms in total. The molecular weight excluding hydrogens is 288 g/mol. The molecule has 0 aromatic carbocycles. The Labute approximate surface area is 127 Å². The molecule has 0 bridgehead atoms. The highest BCUT2D eigenvalue weighted by Gasteiger charge is 2.56. The molecule has 2 aromatic heterocycles. The van der Waals surface area contributed by atoms with Crippen molar-refractivity contribution in [3.63, 3.8) is 0 Å². The normalized spacial score (nSPS) is 22.7. The molecule has 4 rings (SSSR count). The summed E-state index contributed by atoms with van der Waals surface area (Å²) in [6, 6.07) is 6.01. The molecule has 0 radical (unpaired) electrons. The Morgan fingerprint density at radius 1 is 1.43 bits per heavy atom. The molecule has 1 aliphatic heterocycles. The zero-order chi connectivity index (χ0) is 14.4. The van der Waals surface area contributed by atoms with Gasteiger partial charge in [0, 0.05) is 30.4 Å². The molecule has 0 amide bonds. The Morgan fingerprint density at radius 2 is 2.29 bits per heavy atom. The zero-order valence-electron chi connectivity index (χ0n) is 11.4. The van der Waals surface area contributed by atoms with Gasteiger partial charge in [-0.05, 0) is 24.5 Å². The number of aromatic amines is 1. The fraction of sp³-hybridized carbons (Fsp3) is 0.400. The maximum Gasteiger partial charge on any atom is 0.348 e. The lowest BCUT2D eigenvalue weighted by atomic mass is 9.56. The molecule has 1 aliphatic carbocycles. The molecule has 2 aliphatic rings. The Morgan fingerprint density at radius 3 is 2.90 bits per heavy atom. The first-order valence-electron chi connectivity index (χ1n) is 7.11. The predicted molar refractivity (Wildman–Crippen MR) is 80.5 cm³/mol. The first-order valence-corrected chi connectivity index (χ1v) is 7.49. The molecule has 1 spiro atoms. The summed E-state index contributed by atoms with van der Waals surface area (Å²) in [5.74, 6) is 0.648. The van der Waals surface area contributed by atoms with E-state index in [0.29, 0.717) is 16.4 Å². The predicted octanol–water partition coefficient (Wildman–Crippen LogP) is 2.55. The number of rotatable bonds is 2. The molecule has 2 fully saturated rings. The summed E-state index contributed by atoms with van der Waals surface area (Å²) in [6.45, 7) is 0.930. The van der Waals surface area contributed by atoms with Gasteiger partial charge in [0.05, 0.1) is 6.04 Å². The van der Waals surface area contributed by atoms with Crippen LogP contribution in [0.5, 0.6) is 0 Å². The van der Waals surface area contributed by atoms with Crippen LogP contribution in [0.15, 0.2) is 35.4 Å². The van der Waals surface area contributed by atoms with E-state index < -0.39 is 5.69 Å². The highest BCUT2D eigenvalue weighted by molar-refractivity contribution is 6.29. The number of nitrogens with zero attached hydrogens (tertiary/aromatic N) is 3. The molecule has 108 valence electrons. The van der Waals surface area contributed by atoms with Gasteiger partial charge >= 0.3 is 5.69 Å². The van der Waals surface area contributed by atoms with Crippen LogP contribution in [0.3, 0.4) is 0 Å². The van der Waals surface area contributed by atoms with Crippen molar-refractivity contribution in [3.05, 3.63) is 51.8 Å². The third kappa shape index (κ3) is 1.95. The van der Waals surface area contributed by atoms with E-state index in [2.05, 4.69) is 25.9 Å². The summed E-state index contributed by atoms with van der Waals surface area (Å²) < 4.78 is 0. The first-order chi connectivity index (χ1) is 10.2. The number of hydrogen-bond donors (Lipinski definition) is 1. The number of aromatic nitrogens is 3. The van der Waals surface area contributed by atoms with E-state index in [1.165, 1.54) is 24.8 Å². The molecule has 1 saturated carbocycles. The lowest BCUT2D eigenvalue weighted by Gasteiger charge is -2.63. The van der Waals surface area contributed by atoms with Crippen molar-refractivity contribution in [3.8, 4) is 0 Å². The second-order valence-electron chi connectivity index (χ2n) is 5.93. The summed E-state index contributed by atoms with van der Waals surface area (Å²) >= 11 is 5.95. The fourth-order valence-corrected chi connectivity index (χ4v) is 3.82. The molecule has 1 N–H and O–H groups in total. The highest BCUT2D eigenvalue weighted by Crippen LogP contribution is 2.61. The standard InChI is InChI=1S/C15H15ClN4O/c16-11-7-12(19-14(21)18-11)20-9-15(4-2-5-15)13(20)10-3-1-6-17-8-10/h1,3,6-8,13H,2,4-5,9H2,(H,18,19,21).